The fourth-order valence-electron chi connectivity index (χ4n) is 4.80. The molecule has 6 rings (SSSR count). The second-order valence-electron chi connectivity index (χ2n) is 9.12. The third-order valence-electron chi connectivity index (χ3n) is 6.77. The molecule has 0 saturated carbocycles. The number of fused-ring (bicyclic) bond motifs is 2. The Bertz CT molecular complexity index is 1440. The van der Waals surface area contributed by atoms with Gasteiger partial charge in [0.05, 0.1) is 42.8 Å². The molecular weight excluding hydrogens is 496 g/mol. The van der Waals surface area contributed by atoms with Gasteiger partial charge < -0.3 is 15.4 Å². The monoisotopic (exact) mass is 520 g/mol. The lowest BCUT2D eigenvalue weighted by molar-refractivity contribution is -0.0794. The van der Waals surface area contributed by atoms with Gasteiger partial charge in [0.2, 0.25) is 5.95 Å². The molecule has 2 saturated heterocycles. The first-order valence-electron chi connectivity index (χ1n) is 11.9. The van der Waals surface area contributed by atoms with Gasteiger partial charge in [0.15, 0.2) is 17.3 Å². The van der Waals surface area contributed by atoms with Gasteiger partial charge >= 0.3 is 0 Å². The minimum atomic E-state index is -2.65. The van der Waals surface area contributed by atoms with E-state index in [2.05, 4.69) is 40.9 Å². The predicted octanol–water partition coefficient (Wildman–Crippen LogP) is 2.21. The zero-order valence-corrected chi connectivity index (χ0v) is 19.8. The van der Waals surface area contributed by atoms with Crippen LogP contribution in [0.15, 0.2) is 18.3 Å². The first-order valence-corrected chi connectivity index (χ1v) is 11.9. The van der Waals surface area contributed by atoms with Crippen LogP contribution in [0.3, 0.4) is 0 Å². The summed E-state index contributed by atoms with van der Waals surface area (Å²) in [5.41, 5.74) is 0.975. The van der Waals surface area contributed by atoms with Crippen LogP contribution in [0.2, 0.25) is 0 Å². The highest BCUT2D eigenvalue weighted by molar-refractivity contribution is 5.89. The van der Waals surface area contributed by atoms with E-state index in [0.29, 0.717) is 37.2 Å². The zero-order valence-electron chi connectivity index (χ0n) is 19.8. The van der Waals surface area contributed by atoms with Crippen molar-refractivity contribution in [2.24, 2.45) is 0 Å². The predicted molar refractivity (Wildman–Crippen MR) is 126 cm³/mol. The van der Waals surface area contributed by atoms with Gasteiger partial charge in [-0.25, -0.2) is 31.7 Å². The molecule has 196 valence electrons. The van der Waals surface area contributed by atoms with Crippen molar-refractivity contribution in [3.8, 4) is 11.3 Å². The first kappa shape index (κ1) is 23.8. The zero-order chi connectivity index (χ0) is 25.7. The molecule has 11 nitrogen and oxygen atoms in total. The van der Waals surface area contributed by atoms with E-state index in [4.69, 9.17) is 4.74 Å². The van der Waals surface area contributed by atoms with Crippen LogP contribution in [0.5, 0.6) is 0 Å². The van der Waals surface area contributed by atoms with E-state index in [0.717, 1.165) is 11.2 Å². The molecule has 4 aromatic heterocycles. The minimum Gasteiger partial charge on any atom is -0.378 e. The van der Waals surface area contributed by atoms with Crippen LogP contribution in [0.25, 0.3) is 27.9 Å². The second kappa shape index (κ2) is 9.37. The summed E-state index contributed by atoms with van der Waals surface area (Å²) < 4.78 is 63.6. The largest absolute Gasteiger partial charge is 0.378 e. The average Bonchev–Trinajstić information content (AvgIpc) is 3.38. The smallest absolute Gasteiger partial charge is 0.258 e. The van der Waals surface area contributed by atoms with Crippen LogP contribution in [0.1, 0.15) is 6.42 Å². The van der Waals surface area contributed by atoms with Crippen LogP contribution in [-0.2, 0) is 11.3 Å². The van der Waals surface area contributed by atoms with E-state index in [1.807, 2.05) is 0 Å². The van der Waals surface area contributed by atoms with Gasteiger partial charge in [-0.05, 0) is 18.6 Å². The standard InChI is InChI=1S/C22H24F4N10O/c1-27-20-19-18(15-2-3-16-21(28-15)36(33-31-16)8-17(25)26)13(24)7-35(19)32-22(30-20)29-14-4-5-34(6-12(14)23)11-9-37-10-11/h2-3,7,11-12,14,17H,4-6,8-10H2,1H3,(H2,27,29,30,32)/t12-,14+/m1/s1. The maximum absolute atomic E-state index is 15.2. The van der Waals surface area contributed by atoms with Crippen LogP contribution in [0.4, 0.5) is 29.3 Å². The number of pyridine rings is 1. The Labute approximate surface area is 207 Å². The molecule has 0 amide bonds. The molecular formula is C22H24F4N10O. The van der Waals surface area contributed by atoms with Gasteiger partial charge in [-0.3, -0.25) is 4.90 Å². The maximum Gasteiger partial charge on any atom is 0.258 e. The van der Waals surface area contributed by atoms with Crippen molar-refractivity contribution in [2.45, 2.75) is 37.6 Å². The SMILES string of the molecule is CNc1nc(N[C@H]2CCN(C3COC3)C[C@H]2F)nn2cc(F)c(-c3ccc4nnn(CC(F)F)c4n3)c12. The topological polar surface area (TPSA) is 110 Å². The van der Waals surface area contributed by atoms with Gasteiger partial charge in [-0.2, -0.15) is 4.98 Å². The summed E-state index contributed by atoms with van der Waals surface area (Å²) in [6.07, 6.45) is -2.05. The summed E-state index contributed by atoms with van der Waals surface area (Å²) in [5.74, 6) is -0.201. The number of aromatic nitrogens is 7. The van der Waals surface area contributed by atoms with Gasteiger partial charge in [-0.15, -0.1) is 10.2 Å². The Kier molecular flexibility index (Phi) is 6.03. The number of likely N-dealkylation sites (tertiary alicyclic amines) is 1. The highest BCUT2D eigenvalue weighted by Gasteiger charge is 2.36. The lowest BCUT2D eigenvalue weighted by Crippen LogP contribution is -2.57. The molecule has 37 heavy (non-hydrogen) atoms. The van der Waals surface area contributed by atoms with E-state index in [9.17, 15) is 13.2 Å². The fraction of sp³-hybridized carbons (Fsp3) is 0.500. The van der Waals surface area contributed by atoms with Crippen molar-refractivity contribution in [2.75, 3.05) is 44.0 Å². The van der Waals surface area contributed by atoms with E-state index in [1.54, 1.807) is 7.05 Å². The second-order valence-corrected chi connectivity index (χ2v) is 9.12. The number of piperidine rings is 1. The van der Waals surface area contributed by atoms with Gasteiger partial charge in [0.1, 0.15) is 23.7 Å². The quantitative estimate of drug-likeness (QED) is 0.355. The molecule has 2 aliphatic rings. The van der Waals surface area contributed by atoms with Gasteiger partial charge in [0, 0.05) is 20.1 Å². The lowest BCUT2D eigenvalue weighted by Gasteiger charge is -2.42. The molecule has 15 heteroatoms. The number of ether oxygens (including phenoxy) is 1. The van der Waals surface area contributed by atoms with E-state index < -0.39 is 31.0 Å². The number of halogens is 4. The molecule has 2 atom stereocenters. The molecule has 0 radical (unpaired) electrons. The molecule has 0 spiro atoms. The molecule has 6 heterocycles. The van der Waals surface area contributed by atoms with Crippen LogP contribution >= 0.6 is 0 Å². The Morgan fingerprint density at radius 1 is 1.22 bits per heavy atom. The molecule has 4 aromatic rings. The summed E-state index contributed by atoms with van der Waals surface area (Å²) >= 11 is 0. The summed E-state index contributed by atoms with van der Waals surface area (Å²) in [4.78, 5) is 10.9. The summed E-state index contributed by atoms with van der Waals surface area (Å²) in [7, 11) is 1.62. The molecule has 0 unspecified atom stereocenters. The Hall–Kier alpha value is -3.59. The fourth-order valence-corrected chi connectivity index (χ4v) is 4.80. The van der Waals surface area contributed by atoms with Crippen molar-refractivity contribution in [1.29, 1.82) is 0 Å². The van der Waals surface area contributed by atoms with E-state index in [-0.39, 0.29) is 34.7 Å². The van der Waals surface area contributed by atoms with Crippen LogP contribution in [-0.4, -0.2) is 97.5 Å². The maximum atomic E-state index is 15.2. The number of alkyl halides is 3. The molecule has 2 N–H and O–H groups in total. The number of rotatable bonds is 7. The molecule has 0 aromatic carbocycles. The van der Waals surface area contributed by atoms with Crippen molar-refractivity contribution in [3.05, 3.63) is 24.1 Å². The normalized spacial score (nSPS) is 21.1. The van der Waals surface area contributed by atoms with Crippen molar-refractivity contribution in [3.63, 3.8) is 0 Å². The van der Waals surface area contributed by atoms with Crippen molar-refractivity contribution < 1.29 is 22.3 Å². The Morgan fingerprint density at radius 2 is 2.05 bits per heavy atom. The minimum absolute atomic E-state index is 0.0852. The van der Waals surface area contributed by atoms with Crippen molar-refractivity contribution >= 4 is 28.4 Å². The van der Waals surface area contributed by atoms with Crippen LogP contribution in [0, 0.1) is 5.82 Å². The number of nitrogens with zero attached hydrogens (tertiary/aromatic N) is 8. The van der Waals surface area contributed by atoms with Crippen LogP contribution < -0.4 is 10.6 Å². The summed E-state index contributed by atoms with van der Waals surface area (Å²) in [6.45, 7) is 1.59. The number of nitrogens with one attached hydrogen (secondary N) is 2. The highest BCUT2D eigenvalue weighted by atomic mass is 19.3. The Morgan fingerprint density at radius 3 is 2.76 bits per heavy atom. The van der Waals surface area contributed by atoms with E-state index >= 15 is 4.39 Å². The van der Waals surface area contributed by atoms with Gasteiger partial charge in [0.25, 0.3) is 6.43 Å². The highest BCUT2D eigenvalue weighted by Crippen LogP contribution is 2.33. The average molecular weight is 520 g/mol. The van der Waals surface area contributed by atoms with E-state index in [1.165, 1.54) is 22.8 Å². The van der Waals surface area contributed by atoms with Gasteiger partial charge in [-0.1, -0.05) is 5.21 Å². The lowest BCUT2D eigenvalue weighted by atomic mass is 10.0. The summed E-state index contributed by atoms with van der Waals surface area (Å²) in [6, 6.07) is 2.84. The molecule has 2 aliphatic heterocycles. The number of hydrogen-bond acceptors (Lipinski definition) is 9. The first-order chi connectivity index (χ1) is 17.9. The number of hydrogen-bond donors (Lipinski definition) is 2. The third-order valence-corrected chi connectivity index (χ3v) is 6.77. The molecule has 0 aliphatic carbocycles. The third kappa shape index (κ3) is 4.31. The number of anilines is 2. The molecule has 0 bridgehead atoms. The van der Waals surface area contributed by atoms with Crippen molar-refractivity contribution in [1.82, 2.24) is 39.5 Å². The summed E-state index contributed by atoms with van der Waals surface area (Å²) in [5, 5.41) is 17.9. The Balaban J connectivity index is 1.32. The molecule has 2 fully saturated rings.